The number of ether oxygens (including phenoxy) is 1. The predicted octanol–water partition coefficient (Wildman–Crippen LogP) is -0.920. The molecule has 0 aliphatic carbocycles. The molecule has 0 spiro atoms. The van der Waals surface area contributed by atoms with Crippen molar-refractivity contribution < 1.29 is 73.7 Å². The number of hydrogen-bond donors (Lipinski definition) is 4. The molecule has 4 N–H and O–H groups in total. The van der Waals surface area contributed by atoms with Gasteiger partial charge in [-0.25, -0.2) is 0 Å². The van der Waals surface area contributed by atoms with Crippen LogP contribution in [0.2, 0.25) is 0 Å². The Morgan fingerprint density at radius 3 is 1.47 bits per heavy atom. The van der Waals surface area contributed by atoms with Gasteiger partial charge in [-0.05, 0) is 0 Å². The molecule has 0 saturated heterocycles. The van der Waals surface area contributed by atoms with E-state index in [1.165, 1.54) is 6.92 Å². The molecule has 1 unspecified atom stereocenters. The van der Waals surface area contributed by atoms with Gasteiger partial charge in [-0.1, -0.05) is 0 Å². The Kier molecular flexibility index (Phi) is 36.8. The van der Waals surface area contributed by atoms with Gasteiger partial charge in [0.2, 0.25) is 0 Å². The molecular weight excluding hydrogens is 355 g/mol. The summed E-state index contributed by atoms with van der Waals surface area (Å²) in [5.74, 6) is -2.12. The molecule has 0 rings (SSSR count). The van der Waals surface area contributed by atoms with Crippen LogP contribution in [0.4, 0.5) is 0 Å². The van der Waals surface area contributed by atoms with Crippen molar-refractivity contribution in [3.05, 3.63) is 0 Å². The third kappa shape index (κ3) is 101. The van der Waals surface area contributed by atoms with Crippen molar-refractivity contribution in [2.45, 2.75) is 26.9 Å². The molecule has 0 heterocycles. The van der Waals surface area contributed by atoms with Crippen LogP contribution >= 0.6 is 0 Å². The fourth-order valence-corrected chi connectivity index (χ4v) is 0.266. The van der Waals surface area contributed by atoms with E-state index < -0.39 is 24.0 Å². The second-order valence-corrected chi connectivity index (χ2v) is 2.68. The van der Waals surface area contributed by atoms with Crippen molar-refractivity contribution in [3.63, 3.8) is 0 Å². The fourth-order valence-electron chi connectivity index (χ4n) is 0.266. The number of carbonyl (C=O) groups is 3. The number of esters is 1. The van der Waals surface area contributed by atoms with Gasteiger partial charge < -0.3 is 25.2 Å². The van der Waals surface area contributed by atoms with Crippen LogP contribution in [0.3, 0.4) is 0 Å². The summed E-state index contributed by atoms with van der Waals surface area (Å²) in [6.07, 6.45) is -0.950. The third-order valence-corrected chi connectivity index (χ3v) is 0.690. The van der Waals surface area contributed by atoms with Crippen LogP contribution in [0.1, 0.15) is 20.8 Å². The molecule has 121 valence electrons. The Labute approximate surface area is 132 Å². The second-order valence-electron chi connectivity index (χ2n) is 2.68. The van der Waals surface area contributed by atoms with Crippen LogP contribution in [0.15, 0.2) is 0 Å². The van der Waals surface area contributed by atoms with Crippen LogP contribution in [-0.4, -0.2) is 57.7 Å². The first-order chi connectivity index (χ1) is 7.63. The average molecular weight is 374 g/mol. The summed E-state index contributed by atoms with van der Waals surface area (Å²) in [6.45, 7) is 2.89. The maximum atomic E-state index is 10.0. The summed E-state index contributed by atoms with van der Waals surface area (Å²) >= 11 is 0. The van der Waals surface area contributed by atoms with Gasteiger partial charge in [0.05, 0.1) is 6.61 Å². The first-order valence-corrected chi connectivity index (χ1v) is 4.44. The maximum Gasteiger partial charge on any atom is 0.302 e. The van der Waals surface area contributed by atoms with Crippen molar-refractivity contribution in [1.82, 2.24) is 0 Å². The van der Waals surface area contributed by atoms with Crippen LogP contribution < -0.4 is 0 Å². The van der Waals surface area contributed by atoms with Gasteiger partial charge in [0.1, 0.15) is 12.7 Å². The van der Waals surface area contributed by atoms with Crippen LogP contribution in [0.5, 0.6) is 0 Å². The molecule has 0 aliphatic heterocycles. The minimum Gasteiger partial charge on any atom is -0.481 e. The number of aliphatic carboxylic acids is 2. The minimum absolute atomic E-state index is 0. The number of rotatable bonds is 3. The second kappa shape index (κ2) is 22.5. The molecular formula is C9H18CuFeO8. The van der Waals surface area contributed by atoms with Gasteiger partial charge in [-0.3, -0.25) is 14.4 Å². The van der Waals surface area contributed by atoms with E-state index in [0.717, 1.165) is 13.8 Å². The predicted molar refractivity (Wildman–Crippen MR) is 56.3 cm³/mol. The van der Waals surface area contributed by atoms with E-state index in [1.807, 2.05) is 0 Å². The molecule has 10 heteroatoms. The van der Waals surface area contributed by atoms with Crippen molar-refractivity contribution in [2.75, 3.05) is 13.2 Å². The van der Waals surface area contributed by atoms with Crippen LogP contribution in [0, 0.1) is 0 Å². The van der Waals surface area contributed by atoms with Gasteiger partial charge in [-0.15, -0.1) is 0 Å². The summed E-state index contributed by atoms with van der Waals surface area (Å²) in [5, 5.41) is 31.6. The molecule has 0 saturated carbocycles. The molecule has 0 aromatic rings. The molecule has 1 radical (unpaired) electrons. The van der Waals surface area contributed by atoms with Crippen molar-refractivity contribution >= 4 is 17.9 Å². The minimum atomic E-state index is -0.950. The Balaban J connectivity index is -0.0000000560. The molecule has 0 aromatic heterocycles. The number of aliphatic hydroxyl groups excluding tert-OH is 2. The molecule has 1 atom stereocenters. The SMILES string of the molecule is CC(=O)O.CC(=O)O.CC(=O)OCC(O)CO.[Cu].[Fe]. The molecule has 0 aliphatic rings. The summed E-state index contributed by atoms with van der Waals surface area (Å²) in [5.41, 5.74) is 0. The zero-order valence-corrected chi connectivity index (χ0v) is 12.6. The standard InChI is InChI=1S/C5H10O4.2C2H4O2.Cu.Fe/c1-4(7)9-3-5(8)2-6;2*1-2(3)4;;/h5-6,8H,2-3H2,1H3;2*1H3,(H,3,4);;. The van der Waals surface area contributed by atoms with E-state index >= 15 is 0 Å². The molecule has 0 fully saturated rings. The first kappa shape index (κ1) is 31.0. The average Bonchev–Trinajstić information content (AvgIpc) is 2.12. The number of carbonyl (C=O) groups excluding carboxylic acids is 1. The number of carboxylic acids is 2. The third-order valence-electron chi connectivity index (χ3n) is 0.690. The zero-order valence-electron chi connectivity index (χ0n) is 10.6. The van der Waals surface area contributed by atoms with E-state index in [-0.39, 0.29) is 47.4 Å². The first-order valence-electron chi connectivity index (χ1n) is 4.44. The van der Waals surface area contributed by atoms with E-state index in [4.69, 9.17) is 30.0 Å². The van der Waals surface area contributed by atoms with Gasteiger partial charge in [0.15, 0.2) is 0 Å². The Bertz CT molecular complexity index is 216. The van der Waals surface area contributed by atoms with Crippen LogP contribution in [-0.2, 0) is 53.3 Å². The summed E-state index contributed by atoms with van der Waals surface area (Å²) in [6, 6.07) is 0. The van der Waals surface area contributed by atoms with Crippen molar-refractivity contribution in [3.8, 4) is 0 Å². The van der Waals surface area contributed by atoms with Crippen molar-refractivity contribution in [1.29, 1.82) is 0 Å². The summed E-state index contributed by atoms with van der Waals surface area (Å²) in [4.78, 5) is 28.0. The fraction of sp³-hybridized carbons (Fsp3) is 0.667. The molecule has 19 heavy (non-hydrogen) atoms. The van der Waals surface area contributed by atoms with Gasteiger partial charge >= 0.3 is 5.97 Å². The Morgan fingerprint density at radius 1 is 1.05 bits per heavy atom. The number of carboxylic acid groups (broad SMARTS) is 2. The summed E-state index contributed by atoms with van der Waals surface area (Å²) in [7, 11) is 0. The van der Waals surface area contributed by atoms with E-state index in [1.54, 1.807) is 0 Å². The normalized spacial score (nSPS) is 8.68. The molecule has 8 nitrogen and oxygen atoms in total. The zero-order chi connectivity index (χ0) is 14.4. The quantitative estimate of drug-likeness (QED) is 0.367. The monoisotopic (exact) mass is 373 g/mol. The smallest absolute Gasteiger partial charge is 0.302 e. The number of aliphatic hydroxyl groups is 2. The van der Waals surface area contributed by atoms with Crippen LogP contribution in [0.25, 0.3) is 0 Å². The summed E-state index contributed by atoms with van der Waals surface area (Å²) < 4.78 is 4.35. The Hall–Kier alpha value is -0.631. The number of hydrogen-bond acceptors (Lipinski definition) is 6. The molecule has 0 bridgehead atoms. The molecule has 0 aromatic carbocycles. The van der Waals surface area contributed by atoms with E-state index in [0.29, 0.717) is 0 Å². The maximum absolute atomic E-state index is 10.0. The van der Waals surface area contributed by atoms with Gasteiger partial charge in [0, 0.05) is 54.9 Å². The largest absolute Gasteiger partial charge is 0.481 e. The van der Waals surface area contributed by atoms with E-state index in [2.05, 4.69) is 4.74 Å². The van der Waals surface area contributed by atoms with Gasteiger partial charge in [0.25, 0.3) is 11.9 Å². The van der Waals surface area contributed by atoms with Gasteiger partial charge in [-0.2, -0.15) is 0 Å². The van der Waals surface area contributed by atoms with E-state index in [9.17, 15) is 4.79 Å². The Morgan fingerprint density at radius 2 is 1.32 bits per heavy atom. The van der Waals surface area contributed by atoms with Crippen molar-refractivity contribution in [2.24, 2.45) is 0 Å². The molecule has 0 amide bonds. The topological polar surface area (TPSA) is 141 Å².